The summed E-state index contributed by atoms with van der Waals surface area (Å²) in [6.45, 7) is 36.3. The van der Waals surface area contributed by atoms with E-state index in [1.807, 2.05) is 0 Å². The lowest BCUT2D eigenvalue weighted by atomic mass is 9.94. The van der Waals surface area contributed by atoms with Crippen LogP contribution in [0.1, 0.15) is 96.9 Å². The molecule has 2 aromatic rings. The van der Waals surface area contributed by atoms with E-state index in [1.54, 1.807) is 0 Å². The summed E-state index contributed by atoms with van der Waals surface area (Å²) in [6, 6.07) is 17.9. The van der Waals surface area contributed by atoms with Gasteiger partial charge in [-0.2, -0.15) is 0 Å². The molecule has 0 unspecified atom stereocenters. The van der Waals surface area contributed by atoms with Gasteiger partial charge in [0.25, 0.3) is 0 Å². The minimum Gasteiger partial charge on any atom is -0.380 e. The molecule has 2 heterocycles. The molecule has 0 fully saturated rings. The highest BCUT2D eigenvalue weighted by Gasteiger charge is 2.78. The van der Waals surface area contributed by atoms with E-state index < -0.39 is 19.4 Å². The van der Waals surface area contributed by atoms with E-state index in [9.17, 15) is 0 Å². The minimum absolute atomic E-state index is 0.0132. The molecule has 0 saturated carbocycles. The smallest absolute Gasteiger partial charge is 0.380 e. The van der Waals surface area contributed by atoms with Crippen LogP contribution in [0.15, 0.2) is 48.5 Å². The fourth-order valence-corrected chi connectivity index (χ4v) is 28.1. The maximum Gasteiger partial charge on any atom is 0.390 e. The lowest BCUT2D eigenvalue weighted by Gasteiger charge is -2.65. The first-order chi connectivity index (χ1) is 19.3. The van der Waals surface area contributed by atoms with Crippen LogP contribution in [0.2, 0.25) is 0 Å². The number of nitrogens with zero attached hydrogens (tertiary/aromatic N) is 4. The fraction of sp³-hybridized carbons (Fsp3) is 0.657. The summed E-state index contributed by atoms with van der Waals surface area (Å²) in [4.78, 5) is 2.64. The Morgan fingerprint density at radius 1 is 0.512 bits per heavy atom. The lowest BCUT2D eigenvalue weighted by Crippen LogP contribution is -2.91. The number of anilines is 4. The maximum absolute atomic E-state index is 8.84. The molecule has 0 saturated heterocycles. The molecular formula is C35H58Cl2N4Si2. The number of hydrogen-bond donors (Lipinski definition) is 0. The third-order valence-corrected chi connectivity index (χ3v) is 30.3. The lowest BCUT2D eigenvalue weighted by molar-refractivity contribution is 0.379. The highest BCUT2D eigenvalue weighted by Crippen LogP contribution is 2.59. The summed E-state index contributed by atoms with van der Waals surface area (Å²) in [6.07, 6.45) is 0. The van der Waals surface area contributed by atoms with E-state index in [0.29, 0.717) is 0 Å². The van der Waals surface area contributed by atoms with Gasteiger partial charge in [0, 0.05) is 26.2 Å². The molecule has 43 heavy (non-hydrogen) atoms. The van der Waals surface area contributed by atoms with Crippen LogP contribution < -0.4 is 18.6 Å². The first-order valence-electron chi connectivity index (χ1n) is 16.0. The summed E-state index contributed by atoms with van der Waals surface area (Å²) < 4.78 is 7.93. The quantitative estimate of drug-likeness (QED) is 0.234. The van der Waals surface area contributed by atoms with Gasteiger partial charge in [0.1, 0.15) is 0 Å². The van der Waals surface area contributed by atoms with E-state index >= 15 is 0 Å². The topological polar surface area (TPSA) is 13.0 Å². The van der Waals surface area contributed by atoms with Gasteiger partial charge in [-0.1, -0.05) is 107 Å². The molecule has 0 N–H and O–H groups in total. The Bertz CT molecular complexity index is 1280. The zero-order valence-corrected chi connectivity index (χ0v) is 33.0. The first-order valence-corrected chi connectivity index (χ1v) is 22.9. The first kappa shape index (κ1) is 34.5. The molecule has 0 aliphatic carbocycles. The van der Waals surface area contributed by atoms with Crippen molar-refractivity contribution < 1.29 is 0 Å². The summed E-state index contributed by atoms with van der Waals surface area (Å²) in [5.41, 5.74) is 5.11. The zero-order chi connectivity index (χ0) is 32.6. The third kappa shape index (κ3) is 6.24. The second kappa shape index (κ2) is 10.9. The molecule has 8 heteroatoms. The third-order valence-electron chi connectivity index (χ3n) is 8.45. The number of para-hydroxylation sites is 4. The Balaban J connectivity index is 2.15. The highest BCUT2D eigenvalue weighted by atomic mass is 35.6. The SMILES string of the molecule is CC(C)(C)CN1c2ccccc2N(CC(C)(C)C)[Si@@](Cl)([Si]2(Cl)N(CC(C)(C)C)c3ccccc3N2CC(C)(C)C)C1(C)C. The van der Waals surface area contributed by atoms with Crippen LogP contribution in [-0.2, 0) is 0 Å². The van der Waals surface area contributed by atoms with Gasteiger partial charge >= 0.3 is 14.3 Å². The van der Waals surface area contributed by atoms with Crippen LogP contribution in [0, 0.1) is 21.7 Å². The van der Waals surface area contributed by atoms with Crippen molar-refractivity contribution in [2.24, 2.45) is 21.7 Å². The average Bonchev–Trinajstić information content (AvgIpc) is 3.05. The molecule has 1 atom stereocenters. The highest BCUT2D eigenvalue weighted by molar-refractivity contribution is 7.75. The normalized spacial score (nSPS) is 22.1. The van der Waals surface area contributed by atoms with Gasteiger partial charge < -0.3 is 18.6 Å². The Labute approximate surface area is 275 Å². The molecule has 0 aromatic heterocycles. The summed E-state index contributed by atoms with van der Waals surface area (Å²) >= 11 is 17.6. The Morgan fingerprint density at radius 3 is 1.16 bits per heavy atom. The van der Waals surface area contributed by atoms with E-state index in [-0.39, 0.29) is 21.7 Å². The van der Waals surface area contributed by atoms with Crippen molar-refractivity contribution in [3.8, 4) is 0 Å². The van der Waals surface area contributed by atoms with Crippen molar-refractivity contribution in [3.05, 3.63) is 48.5 Å². The monoisotopic (exact) mass is 660 g/mol. The molecule has 0 bridgehead atoms. The van der Waals surface area contributed by atoms with Crippen molar-refractivity contribution in [3.63, 3.8) is 0 Å². The molecule has 2 aliphatic rings. The van der Waals surface area contributed by atoms with E-state index in [2.05, 4.69) is 164 Å². The second-order valence-corrected chi connectivity index (χ2v) is 33.0. The van der Waals surface area contributed by atoms with Crippen LogP contribution in [0.25, 0.3) is 0 Å². The second-order valence-electron chi connectivity index (χ2n) is 18.3. The average molecular weight is 662 g/mol. The number of hydrogen-bond acceptors (Lipinski definition) is 4. The van der Waals surface area contributed by atoms with Crippen molar-refractivity contribution >= 4 is 59.2 Å². The van der Waals surface area contributed by atoms with Crippen molar-refractivity contribution in [2.75, 3.05) is 44.8 Å². The molecule has 0 amide bonds. The summed E-state index contributed by atoms with van der Waals surface area (Å²) in [5.74, 6) is 0. The van der Waals surface area contributed by atoms with Crippen LogP contribution in [0.4, 0.5) is 22.7 Å². The number of benzene rings is 2. The molecule has 240 valence electrons. The van der Waals surface area contributed by atoms with Gasteiger partial charge in [0.2, 0.25) is 0 Å². The van der Waals surface area contributed by atoms with E-state index in [0.717, 1.165) is 26.2 Å². The maximum atomic E-state index is 8.84. The van der Waals surface area contributed by atoms with Crippen molar-refractivity contribution in [2.45, 2.75) is 102 Å². The van der Waals surface area contributed by atoms with Gasteiger partial charge in [-0.05, 0) is 59.8 Å². The molecule has 2 aliphatic heterocycles. The molecule has 4 nitrogen and oxygen atoms in total. The number of rotatable bonds is 5. The Kier molecular flexibility index (Phi) is 8.74. The Hall–Kier alpha value is -1.35. The predicted octanol–water partition coefficient (Wildman–Crippen LogP) is 10.1. The van der Waals surface area contributed by atoms with Crippen molar-refractivity contribution in [1.29, 1.82) is 0 Å². The van der Waals surface area contributed by atoms with Crippen LogP contribution in [0.3, 0.4) is 0 Å². The molecule has 0 spiro atoms. The van der Waals surface area contributed by atoms with Crippen LogP contribution in [0.5, 0.6) is 0 Å². The van der Waals surface area contributed by atoms with Crippen LogP contribution in [-0.4, -0.2) is 45.6 Å². The minimum atomic E-state index is -3.25. The standard InChI is InChI=1S/C35H58Cl2N4Si2/c1-31(2,3)23-38-27-19-15-16-20-28(27)39(24-32(4,5)6)42(36,35(38,13)14)43(37)40(25-33(7,8)9)29-21-17-18-22-30(29)41(43)26-34(10,11)12/h15-22H,23-26H2,1-14H3/t42-/m1/s1. The number of halogens is 2. The van der Waals surface area contributed by atoms with Gasteiger partial charge in [-0.25, -0.2) is 0 Å². The fourth-order valence-electron chi connectivity index (χ4n) is 6.96. The number of fused-ring (bicyclic) bond motifs is 2. The van der Waals surface area contributed by atoms with Crippen molar-refractivity contribution in [1.82, 2.24) is 0 Å². The molecule has 4 rings (SSSR count). The summed E-state index contributed by atoms with van der Waals surface area (Å²) in [5, 5.41) is -0.399. The van der Waals surface area contributed by atoms with E-state index in [1.165, 1.54) is 22.7 Å². The van der Waals surface area contributed by atoms with Crippen LogP contribution >= 0.6 is 22.2 Å². The molecule has 2 aromatic carbocycles. The van der Waals surface area contributed by atoms with Gasteiger partial charge in [-0.15, -0.1) is 22.2 Å². The molecule has 0 radical (unpaired) electrons. The summed E-state index contributed by atoms with van der Waals surface area (Å²) in [7, 11) is -6.49. The van der Waals surface area contributed by atoms with Gasteiger partial charge in [0.05, 0.1) is 27.9 Å². The van der Waals surface area contributed by atoms with E-state index in [4.69, 9.17) is 22.2 Å². The zero-order valence-electron chi connectivity index (χ0n) is 29.5. The molecular weight excluding hydrogens is 603 g/mol. The van der Waals surface area contributed by atoms with Gasteiger partial charge in [-0.3, -0.25) is 0 Å². The largest absolute Gasteiger partial charge is 0.390 e. The van der Waals surface area contributed by atoms with Gasteiger partial charge in [0.15, 0.2) is 0 Å². The Morgan fingerprint density at radius 2 is 0.814 bits per heavy atom. The predicted molar refractivity (Wildman–Crippen MR) is 197 cm³/mol.